The summed E-state index contributed by atoms with van der Waals surface area (Å²) in [6, 6.07) is 0. The van der Waals surface area contributed by atoms with Crippen molar-refractivity contribution in [3.8, 4) is 0 Å². The standard InChI is InChI=1S/C11H23.Li/c1-5-6-7-8-9-10-11(2,3)4;/h1,5-10H2,2-4H3;. The van der Waals surface area contributed by atoms with Crippen molar-refractivity contribution >= 4 is 17.7 Å². The number of hydrogen-bond donors (Lipinski definition) is 0. The predicted octanol–water partition coefficient (Wildman–Crippen LogP) is 3.96. The average molecular weight is 162 g/mol. The molecule has 12 heavy (non-hydrogen) atoms. The number of unbranched alkanes of at least 4 members (excludes halogenated alkanes) is 4. The van der Waals surface area contributed by atoms with E-state index in [9.17, 15) is 0 Å². The van der Waals surface area contributed by atoms with Crippen LogP contribution in [0.15, 0.2) is 0 Å². The summed E-state index contributed by atoms with van der Waals surface area (Å²) in [6.07, 6.45) is 8.57. The first-order valence-electron chi connectivity index (χ1n) is 5.56. The van der Waals surface area contributed by atoms with Crippen molar-refractivity contribution in [2.24, 2.45) is 5.41 Å². The molecule has 1 heteroatoms. The Morgan fingerprint density at radius 2 is 1.33 bits per heavy atom. The van der Waals surface area contributed by atoms with E-state index in [-0.39, 0.29) is 0 Å². The zero-order chi connectivity index (χ0) is 9.45. The molecule has 0 unspecified atom stereocenters. The fourth-order valence-corrected chi connectivity index (χ4v) is 1.44. The summed E-state index contributed by atoms with van der Waals surface area (Å²) >= 11 is 2.27. The third-order valence-electron chi connectivity index (χ3n) is 2.28. The van der Waals surface area contributed by atoms with E-state index in [1.54, 1.807) is 0 Å². The molecule has 0 bridgehead atoms. The van der Waals surface area contributed by atoms with Gasteiger partial charge in [-0.25, -0.2) is 0 Å². The Kier molecular flexibility index (Phi) is 7.40. The van der Waals surface area contributed by atoms with Crippen molar-refractivity contribution in [3.05, 3.63) is 0 Å². The Morgan fingerprint density at radius 3 is 1.83 bits per heavy atom. The quantitative estimate of drug-likeness (QED) is 0.409. The molecule has 0 heterocycles. The van der Waals surface area contributed by atoms with Crippen molar-refractivity contribution < 1.29 is 0 Å². The van der Waals surface area contributed by atoms with Crippen LogP contribution >= 0.6 is 0 Å². The van der Waals surface area contributed by atoms with Gasteiger partial charge >= 0.3 is 87.5 Å². The van der Waals surface area contributed by atoms with Crippen LogP contribution in [0.25, 0.3) is 0 Å². The van der Waals surface area contributed by atoms with Gasteiger partial charge in [-0.1, -0.05) is 0 Å². The minimum atomic E-state index is 0.546. The fraction of sp³-hybridized carbons (Fsp3) is 1.00. The SMILES string of the molecule is [Li][CH2]CCCCCCC(C)(C)C. The van der Waals surface area contributed by atoms with Gasteiger partial charge in [-0.3, -0.25) is 0 Å². The number of hydrogen-bond acceptors (Lipinski definition) is 0. The third-order valence-corrected chi connectivity index (χ3v) is 2.28. The molecule has 0 aromatic carbocycles. The van der Waals surface area contributed by atoms with Gasteiger partial charge in [-0.05, 0) is 0 Å². The molecule has 0 nitrogen and oxygen atoms in total. The molecular weight excluding hydrogens is 139 g/mol. The summed E-state index contributed by atoms with van der Waals surface area (Å²) in [4.78, 5) is 0. The van der Waals surface area contributed by atoms with Crippen LogP contribution in [-0.2, 0) is 0 Å². The van der Waals surface area contributed by atoms with Crippen LogP contribution < -0.4 is 0 Å². The van der Waals surface area contributed by atoms with Gasteiger partial charge in [-0.2, -0.15) is 0 Å². The van der Waals surface area contributed by atoms with Crippen LogP contribution in [0.2, 0.25) is 5.09 Å². The molecule has 0 aliphatic carbocycles. The zero-order valence-corrected chi connectivity index (χ0v) is 9.45. The van der Waals surface area contributed by atoms with Crippen molar-refractivity contribution in [2.75, 3.05) is 0 Å². The molecular formula is C11H23Li. The van der Waals surface area contributed by atoms with E-state index in [0.29, 0.717) is 5.41 Å². The molecule has 0 aliphatic heterocycles. The first kappa shape index (κ1) is 12.6. The number of rotatable bonds is 6. The van der Waals surface area contributed by atoms with E-state index in [4.69, 9.17) is 0 Å². The molecule has 0 N–H and O–H groups in total. The molecule has 0 spiro atoms. The maximum absolute atomic E-state index is 2.33. The minimum absolute atomic E-state index is 0.546. The van der Waals surface area contributed by atoms with Crippen LogP contribution in [0.4, 0.5) is 0 Å². The van der Waals surface area contributed by atoms with Gasteiger partial charge in [0.1, 0.15) is 0 Å². The second kappa shape index (κ2) is 7.04. The molecule has 68 valence electrons. The maximum atomic E-state index is 2.33. The monoisotopic (exact) mass is 162 g/mol. The molecule has 0 fully saturated rings. The van der Waals surface area contributed by atoms with Crippen molar-refractivity contribution in [2.45, 2.75) is 64.4 Å². The van der Waals surface area contributed by atoms with Crippen molar-refractivity contribution in [3.63, 3.8) is 0 Å². The van der Waals surface area contributed by atoms with Crippen LogP contribution in [-0.4, -0.2) is 17.7 Å². The van der Waals surface area contributed by atoms with Crippen molar-refractivity contribution in [1.29, 1.82) is 0 Å². The van der Waals surface area contributed by atoms with E-state index < -0.39 is 0 Å². The predicted molar refractivity (Wildman–Crippen MR) is 57.7 cm³/mol. The second-order valence-corrected chi connectivity index (χ2v) is 5.08. The van der Waals surface area contributed by atoms with Crippen LogP contribution in [0.5, 0.6) is 0 Å². The second-order valence-electron chi connectivity index (χ2n) is 5.08. The molecule has 0 aromatic heterocycles. The normalized spacial score (nSPS) is 12.1. The molecule has 0 rings (SSSR count). The molecule has 0 saturated carbocycles. The first-order valence-corrected chi connectivity index (χ1v) is 5.56. The van der Waals surface area contributed by atoms with E-state index in [1.165, 1.54) is 43.6 Å². The van der Waals surface area contributed by atoms with E-state index >= 15 is 0 Å². The van der Waals surface area contributed by atoms with E-state index in [1.807, 2.05) is 0 Å². The van der Waals surface area contributed by atoms with Crippen LogP contribution in [0.3, 0.4) is 0 Å². The van der Waals surface area contributed by atoms with Gasteiger partial charge in [0, 0.05) is 0 Å². The zero-order valence-electron chi connectivity index (χ0n) is 9.45. The summed E-state index contributed by atoms with van der Waals surface area (Å²) in [5.41, 5.74) is 0.546. The Labute approximate surface area is 87.7 Å². The molecule has 0 radical (unpaired) electrons. The van der Waals surface area contributed by atoms with Crippen LogP contribution in [0, 0.1) is 5.41 Å². The summed E-state index contributed by atoms with van der Waals surface area (Å²) < 4.78 is 0. The molecule has 0 aliphatic rings. The van der Waals surface area contributed by atoms with Crippen molar-refractivity contribution in [1.82, 2.24) is 0 Å². The van der Waals surface area contributed by atoms with Gasteiger partial charge in [-0.15, -0.1) is 0 Å². The Balaban J connectivity index is 3.01. The van der Waals surface area contributed by atoms with Gasteiger partial charge in [0.05, 0.1) is 0 Å². The van der Waals surface area contributed by atoms with Gasteiger partial charge < -0.3 is 0 Å². The summed E-state index contributed by atoms with van der Waals surface area (Å²) in [5.74, 6) is 0. The summed E-state index contributed by atoms with van der Waals surface area (Å²) in [6.45, 7) is 7.00. The Bertz CT molecular complexity index is 91.7. The molecule has 0 amide bonds. The van der Waals surface area contributed by atoms with E-state index in [2.05, 4.69) is 38.5 Å². The Morgan fingerprint density at radius 1 is 0.833 bits per heavy atom. The first-order chi connectivity index (χ1) is 5.56. The molecule has 0 aromatic rings. The van der Waals surface area contributed by atoms with Gasteiger partial charge in [0.15, 0.2) is 0 Å². The molecule has 0 atom stereocenters. The fourth-order valence-electron chi connectivity index (χ4n) is 1.44. The van der Waals surface area contributed by atoms with Gasteiger partial charge in [0.25, 0.3) is 0 Å². The Hall–Kier alpha value is 0.597. The third kappa shape index (κ3) is 10.6. The van der Waals surface area contributed by atoms with E-state index in [0.717, 1.165) is 0 Å². The molecule has 0 saturated heterocycles. The average Bonchev–Trinajstić information content (AvgIpc) is 1.94. The van der Waals surface area contributed by atoms with Gasteiger partial charge in [0.2, 0.25) is 0 Å². The summed E-state index contributed by atoms with van der Waals surface area (Å²) in [7, 11) is 0. The summed E-state index contributed by atoms with van der Waals surface area (Å²) in [5, 5.41) is 1.36. The topological polar surface area (TPSA) is 0 Å². The van der Waals surface area contributed by atoms with Crippen LogP contribution in [0.1, 0.15) is 59.3 Å².